The molecule has 0 fully saturated rings. The normalized spacial score (nSPS) is 10.6. The van der Waals surface area contributed by atoms with Gasteiger partial charge in [-0.2, -0.15) is 0 Å². The zero-order valence-corrected chi connectivity index (χ0v) is 6.87. The van der Waals surface area contributed by atoms with Crippen molar-refractivity contribution in [1.29, 1.82) is 0 Å². The Balaban J connectivity index is 2.96. The van der Waals surface area contributed by atoms with Crippen molar-refractivity contribution in [2.24, 2.45) is 0 Å². The van der Waals surface area contributed by atoms with Crippen molar-refractivity contribution >= 4 is 17.3 Å². The highest BCUT2D eigenvalue weighted by atomic mass is 19.1. The van der Waals surface area contributed by atoms with E-state index in [1.165, 1.54) is 12.1 Å². The molecular weight excluding hydrogens is 173 g/mol. The van der Waals surface area contributed by atoms with Gasteiger partial charge >= 0.3 is 0 Å². The third-order valence-electron chi connectivity index (χ3n) is 1.90. The summed E-state index contributed by atoms with van der Waals surface area (Å²) in [5.74, 6) is -0.499. The molecule has 13 heavy (non-hydrogen) atoms. The number of aryl methyl sites for hydroxylation is 1. The fourth-order valence-corrected chi connectivity index (χ4v) is 1.29. The minimum atomic E-state index is -0.499. The van der Waals surface area contributed by atoms with E-state index in [1.54, 1.807) is 6.92 Å². The van der Waals surface area contributed by atoms with Crippen molar-refractivity contribution in [2.45, 2.75) is 6.92 Å². The second-order valence-electron chi connectivity index (χ2n) is 2.73. The lowest BCUT2D eigenvalue weighted by Crippen LogP contribution is -1.85. The molecule has 0 spiro atoms. The van der Waals surface area contributed by atoms with E-state index in [0.29, 0.717) is 22.9 Å². The quantitative estimate of drug-likeness (QED) is 0.629. The maximum atomic E-state index is 13.1. The van der Waals surface area contributed by atoms with Gasteiger partial charge in [-0.25, -0.2) is 4.39 Å². The van der Waals surface area contributed by atoms with Crippen LogP contribution < -0.4 is 0 Å². The highest BCUT2D eigenvalue weighted by molar-refractivity contribution is 5.97. The molecule has 1 aromatic carbocycles. The van der Waals surface area contributed by atoms with Gasteiger partial charge in [0.1, 0.15) is 0 Å². The van der Waals surface area contributed by atoms with Gasteiger partial charge in [0.25, 0.3) is 0 Å². The SMILES string of the molecule is Cc1noc2c(F)ccc(C=O)c12. The first-order valence-electron chi connectivity index (χ1n) is 3.73. The number of halogens is 1. The molecule has 0 atom stereocenters. The van der Waals surface area contributed by atoms with Crippen LogP contribution in [0.4, 0.5) is 4.39 Å². The fraction of sp³-hybridized carbons (Fsp3) is 0.111. The summed E-state index contributed by atoms with van der Waals surface area (Å²) in [7, 11) is 0. The van der Waals surface area contributed by atoms with Gasteiger partial charge in [-0.1, -0.05) is 5.16 Å². The van der Waals surface area contributed by atoms with Crippen molar-refractivity contribution < 1.29 is 13.7 Å². The number of hydrogen-bond acceptors (Lipinski definition) is 3. The lowest BCUT2D eigenvalue weighted by atomic mass is 10.1. The third-order valence-corrected chi connectivity index (χ3v) is 1.90. The first-order valence-corrected chi connectivity index (χ1v) is 3.73. The average Bonchev–Trinajstić information content (AvgIpc) is 2.51. The second kappa shape index (κ2) is 2.65. The van der Waals surface area contributed by atoms with E-state index in [-0.39, 0.29) is 5.58 Å². The van der Waals surface area contributed by atoms with Crippen molar-refractivity contribution in [3.8, 4) is 0 Å². The third kappa shape index (κ3) is 1.02. The molecule has 4 heteroatoms. The van der Waals surface area contributed by atoms with Crippen LogP contribution in [-0.2, 0) is 0 Å². The van der Waals surface area contributed by atoms with E-state index in [1.807, 2.05) is 0 Å². The zero-order valence-electron chi connectivity index (χ0n) is 6.87. The number of benzene rings is 1. The number of hydrogen-bond donors (Lipinski definition) is 0. The summed E-state index contributed by atoms with van der Waals surface area (Å²) in [6, 6.07) is 2.60. The molecule has 0 saturated carbocycles. The van der Waals surface area contributed by atoms with E-state index in [9.17, 15) is 9.18 Å². The molecule has 1 aromatic heterocycles. The van der Waals surface area contributed by atoms with E-state index >= 15 is 0 Å². The lowest BCUT2D eigenvalue weighted by Gasteiger charge is -1.93. The summed E-state index contributed by atoms with van der Waals surface area (Å²) in [6.07, 6.45) is 0.659. The topological polar surface area (TPSA) is 43.1 Å². The van der Waals surface area contributed by atoms with Crippen LogP contribution in [0.15, 0.2) is 16.7 Å². The number of carbonyl (C=O) groups excluding carboxylic acids is 1. The number of fused-ring (bicyclic) bond motifs is 1. The average molecular weight is 179 g/mol. The first kappa shape index (κ1) is 7.91. The monoisotopic (exact) mass is 179 g/mol. The van der Waals surface area contributed by atoms with Crippen LogP contribution in [0, 0.1) is 12.7 Å². The van der Waals surface area contributed by atoms with Crippen molar-refractivity contribution in [3.63, 3.8) is 0 Å². The van der Waals surface area contributed by atoms with E-state index in [2.05, 4.69) is 5.16 Å². The van der Waals surface area contributed by atoms with Crippen molar-refractivity contribution in [2.75, 3.05) is 0 Å². The predicted octanol–water partition coefficient (Wildman–Crippen LogP) is 2.09. The Morgan fingerprint density at radius 2 is 2.31 bits per heavy atom. The molecule has 0 aliphatic carbocycles. The number of aldehydes is 1. The lowest BCUT2D eigenvalue weighted by molar-refractivity contribution is 0.112. The van der Waals surface area contributed by atoms with Gasteiger partial charge in [0.2, 0.25) is 5.58 Å². The molecule has 0 N–H and O–H groups in total. The summed E-state index contributed by atoms with van der Waals surface area (Å²) >= 11 is 0. The molecule has 0 unspecified atom stereocenters. The first-order chi connectivity index (χ1) is 6.24. The Morgan fingerprint density at radius 3 is 3.00 bits per heavy atom. The summed E-state index contributed by atoms with van der Waals surface area (Å²) in [5, 5.41) is 4.04. The van der Waals surface area contributed by atoms with Crippen LogP contribution in [0.2, 0.25) is 0 Å². The highest BCUT2D eigenvalue weighted by Crippen LogP contribution is 2.23. The largest absolute Gasteiger partial charge is 0.353 e. The van der Waals surface area contributed by atoms with Gasteiger partial charge in [-0.05, 0) is 19.1 Å². The summed E-state index contributed by atoms with van der Waals surface area (Å²) < 4.78 is 17.8. The number of aromatic nitrogens is 1. The number of carbonyl (C=O) groups is 1. The van der Waals surface area contributed by atoms with Crippen molar-refractivity contribution in [1.82, 2.24) is 5.16 Å². The smallest absolute Gasteiger partial charge is 0.203 e. The maximum Gasteiger partial charge on any atom is 0.203 e. The Bertz CT molecular complexity index is 476. The molecule has 1 heterocycles. The van der Waals surface area contributed by atoms with Gasteiger partial charge in [-0.3, -0.25) is 4.79 Å². The maximum absolute atomic E-state index is 13.1. The Labute approximate surface area is 73.1 Å². The molecule has 2 rings (SSSR count). The van der Waals surface area contributed by atoms with Crippen molar-refractivity contribution in [3.05, 3.63) is 29.2 Å². The zero-order chi connectivity index (χ0) is 9.42. The summed E-state index contributed by atoms with van der Waals surface area (Å²) in [4.78, 5) is 10.6. The van der Waals surface area contributed by atoms with Gasteiger partial charge in [0, 0.05) is 5.56 Å². The number of nitrogens with zero attached hydrogens (tertiary/aromatic N) is 1. The molecule has 0 aliphatic heterocycles. The van der Waals surface area contributed by atoms with E-state index < -0.39 is 5.82 Å². The highest BCUT2D eigenvalue weighted by Gasteiger charge is 2.12. The minimum Gasteiger partial charge on any atom is -0.353 e. The van der Waals surface area contributed by atoms with Gasteiger partial charge in [-0.15, -0.1) is 0 Å². The molecule has 0 radical (unpaired) electrons. The summed E-state index contributed by atoms with van der Waals surface area (Å²) in [5.41, 5.74) is 0.967. The van der Waals surface area contributed by atoms with Gasteiger partial charge < -0.3 is 4.52 Å². The second-order valence-corrected chi connectivity index (χ2v) is 2.73. The fourth-order valence-electron chi connectivity index (χ4n) is 1.29. The Hall–Kier alpha value is -1.71. The molecule has 0 saturated heterocycles. The van der Waals surface area contributed by atoms with Crippen LogP contribution in [0.25, 0.3) is 11.0 Å². The van der Waals surface area contributed by atoms with E-state index in [0.717, 1.165) is 0 Å². The summed E-state index contributed by atoms with van der Waals surface area (Å²) in [6.45, 7) is 1.66. The Morgan fingerprint density at radius 1 is 1.54 bits per heavy atom. The van der Waals surface area contributed by atoms with Gasteiger partial charge in [0.15, 0.2) is 12.1 Å². The van der Waals surface area contributed by atoms with Crippen LogP contribution >= 0.6 is 0 Å². The van der Waals surface area contributed by atoms with Crippen LogP contribution in [-0.4, -0.2) is 11.4 Å². The molecule has 0 bridgehead atoms. The molecular formula is C9H6FNO2. The minimum absolute atomic E-state index is 0.0436. The predicted molar refractivity (Wildman–Crippen MR) is 44.1 cm³/mol. The van der Waals surface area contributed by atoms with Crippen LogP contribution in [0.5, 0.6) is 0 Å². The molecule has 0 aliphatic rings. The van der Waals surface area contributed by atoms with Crippen LogP contribution in [0.3, 0.4) is 0 Å². The number of rotatable bonds is 1. The van der Waals surface area contributed by atoms with Crippen LogP contribution in [0.1, 0.15) is 16.1 Å². The Kier molecular flexibility index (Phi) is 1.62. The molecule has 0 amide bonds. The molecule has 2 aromatic rings. The van der Waals surface area contributed by atoms with E-state index in [4.69, 9.17) is 4.52 Å². The molecule has 66 valence electrons. The standard InChI is InChI=1S/C9H6FNO2/c1-5-8-6(4-12)2-3-7(10)9(8)13-11-5/h2-4H,1H3. The van der Waals surface area contributed by atoms with Gasteiger partial charge in [0.05, 0.1) is 11.1 Å². The molecule has 3 nitrogen and oxygen atoms in total.